The quantitative estimate of drug-likeness (QED) is 0.0463. The molecule has 1 saturated carbocycles. The fourth-order valence-corrected chi connectivity index (χ4v) is 9.35. The van der Waals surface area contributed by atoms with E-state index in [4.69, 9.17) is 33.7 Å². The number of fused-ring (bicyclic) bond motifs is 2. The highest BCUT2D eigenvalue weighted by molar-refractivity contribution is 7.98. The van der Waals surface area contributed by atoms with E-state index in [-0.39, 0.29) is 57.2 Å². The maximum absolute atomic E-state index is 14.1. The van der Waals surface area contributed by atoms with Crippen molar-refractivity contribution in [3.63, 3.8) is 0 Å². The molecule has 6 unspecified atom stereocenters. The Morgan fingerprint density at radius 1 is 0.984 bits per heavy atom. The summed E-state index contributed by atoms with van der Waals surface area (Å²) in [6.45, 7) is 11.0. The average Bonchev–Trinajstić information content (AvgIpc) is 3.26. The van der Waals surface area contributed by atoms with Gasteiger partial charge in [0.25, 0.3) is 0 Å². The molecule has 0 spiro atoms. The Morgan fingerprint density at radius 2 is 1.70 bits per heavy atom. The molecule has 61 heavy (non-hydrogen) atoms. The molecule has 1 aliphatic heterocycles. The van der Waals surface area contributed by atoms with E-state index in [1.807, 2.05) is 93.8 Å². The summed E-state index contributed by atoms with van der Waals surface area (Å²) in [6, 6.07) is 23.1. The topological polar surface area (TPSA) is 129 Å². The van der Waals surface area contributed by atoms with E-state index in [0.29, 0.717) is 36.7 Å². The van der Waals surface area contributed by atoms with Gasteiger partial charge in [0.15, 0.2) is 0 Å². The lowest BCUT2D eigenvalue weighted by atomic mass is 9.55. The van der Waals surface area contributed by atoms with Gasteiger partial charge in [-0.05, 0) is 118 Å². The summed E-state index contributed by atoms with van der Waals surface area (Å²) >= 11 is 1.68. The molecule has 1 fully saturated rings. The van der Waals surface area contributed by atoms with Crippen molar-refractivity contribution in [1.82, 2.24) is 4.90 Å². The SMILES string of the molecule is C=CCOC12Oc3ccc(Oc4ccc(SC)cc4)cc3C3C(CCCCO)C(CCCCO)C=C(C(=NOC(C)(C)C)CC1N(C)C(=O)OCCOCc1ccccc1)C32. The zero-order valence-electron chi connectivity index (χ0n) is 36.4. The van der Waals surface area contributed by atoms with Crippen LogP contribution in [0.5, 0.6) is 17.2 Å². The molecule has 6 rings (SSSR count). The lowest BCUT2D eigenvalue weighted by Crippen LogP contribution is -2.69. The number of aliphatic hydroxyl groups is 2. The highest BCUT2D eigenvalue weighted by atomic mass is 32.2. The van der Waals surface area contributed by atoms with E-state index in [2.05, 4.69) is 18.7 Å². The van der Waals surface area contributed by atoms with Gasteiger partial charge < -0.3 is 43.6 Å². The maximum Gasteiger partial charge on any atom is 0.410 e. The molecule has 1 amide bonds. The summed E-state index contributed by atoms with van der Waals surface area (Å²) in [6.07, 6.45) is 10.5. The number of aliphatic hydroxyl groups excluding tert-OH is 2. The van der Waals surface area contributed by atoms with E-state index in [0.717, 1.165) is 53.0 Å². The number of thioether (sulfide) groups is 1. The van der Waals surface area contributed by atoms with Crippen molar-refractivity contribution in [2.75, 3.05) is 46.3 Å². The van der Waals surface area contributed by atoms with Crippen LogP contribution in [0.15, 0.2) is 107 Å². The Hall–Kier alpha value is -4.33. The van der Waals surface area contributed by atoms with Gasteiger partial charge in [0.1, 0.15) is 35.5 Å². The molecule has 3 aliphatic rings. The summed E-state index contributed by atoms with van der Waals surface area (Å²) in [4.78, 5) is 23.1. The first-order valence-electron chi connectivity index (χ1n) is 21.6. The number of amides is 1. The zero-order valence-corrected chi connectivity index (χ0v) is 37.2. The normalized spacial score (nSPS) is 23.6. The molecule has 11 nitrogen and oxygen atoms in total. The Labute approximate surface area is 366 Å². The number of allylic oxidation sites excluding steroid dienone is 1. The molecule has 2 N–H and O–H groups in total. The lowest BCUT2D eigenvalue weighted by molar-refractivity contribution is -0.253. The third-order valence-corrected chi connectivity index (χ3v) is 12.4. The molecule has 3 aromatic rings. The fourth-order valence-electron chi connectivity index (χ4n) is 8.94. The Morgan fingerprint density at radius 3 is 2.39 bits per heavy atom. The average molecular weight is 857 g/mol. The minimum atomic E-state index is -1.39. The van der Waals surface area contributed by atoms with Crippen LogP contribution in [0.4, 0.5) is 4.79 Å². The fraction of sp³-hybridized carbons (Fsp3) is 0.510. The van der Waals surface area contributed by atoms with Crippen molar-refractivity contribution < 1.29 is 43.5 Å². The van der Waals surface area contributed by atoms with Gasteiger partial charge in [0.05, 0.1) is 31.5 Å². The molecule has 330 valence electrons. The van der Waals surface area contributed by atoms with Crippen molar-refractivity contribution in [3.8, 4) is 17.2 Å². The standard InChI is InChI=1S/C49H64N2O9S/c1-7-27-57-49-44(51(5)47(54)56-29-28-55-33-34-15-9-8-10-16-34)32-42(50-60-48(2,3)4)40-30-35(17-11-13-25-52)39(18-12-14-26-53)45(46(40)49)41-31-37(21-24-43(41)59-49)58-36-19-22-38(61-6)23-20-36/h7-10,15-16,19-24,30-31,35,39,44-46,52-53H,1,11-14,17-18,25-29,32-33H2,2-6H3. The summed E-state index contributed by atoms with van der Waals surface area (Å²) in [5.74, 6) is 0.189. The predicted octanol–water partition coefficient (Wildman–Crippen LogP) is 9.92. The Bertz CT molecular complexity index is 1950. The van der Waals surface area contributed by atoms with Crippen molar-refractivity contribution in [2.24, 2.45) is 22.9 Å². The number of nitrogens with zero attached hydrogens (tertiary/aromatic N) is 2. The second kappa shape index (κ2) is 21.6. The van der Waals surface area contributed by atoms with Gasteiger partial charge in [-0.2, -0.15) is 0 Å². The van der Waals surface area contributed by atoms with Crippen LogP contribution in [0.3, 0.4) is 0 Å². The zero-order chi connectivity index (χ0) is 43.4. The van der Waals surface area contributed by atoms with Crippen molar-refractivity contribution in [1.29, 1.82) is 0 Å². The number of hydrogen-bond acceptors (Lipinski definition) is 11. The van der Waals surface area contributed by atoms with Crippen LogP contribution in [-0.2, 0) is 25.7 Å². The molecule has 0 aromatic heterocycles. The smallest absolute Gasteiger partial charge is 0.410 e. The number of carbonyl (C=O) groups is 1. The van der Waals surface area contributed by atoms with Crippen molar-refractivity contribution in [2.45, 2.75) is 101 Å². The van der Waals surface area contributed by atoms with Gasteiger partial charge in [-0.3, -0.25) is 0 Å². The lowest BCUT2D eigenvalue weighted by Gasteiger charge is -2.59. The molecule has 0 bridgehead atoms. The van der Waals surface area contributed by atoms with Crippen LogP contribution < -0.4 is 9.47 Å². The number of oxime groups is 1. The van der Waals surface area contributed by atoms with Crippen LogP contribution in [0.25, 0.3) is 0 Å². The monoisotopic (exact) mass is 856 g/mol. The first-order valence-corrected chi connectivity index (χ1v) is 22.8. The van der Waals surface area contributed by atoms with E-state index in [9.17, 15) is 15.0 Å². The van der Waals surface area contributed by atoms with Gasteiger partial charge >= 0.3 is 6.09 Å². The number of carbonyl (C=O) groups excluding carboxylic acids is 1. The predicted molar refractivity (Wildman–Crippen MR) is 239 cm³/mol. The third kappa shape index (κ3) is 11.4. The molecule has 12 heteroatoms. The van der Waals surface area contributed by atoms with Crippen LogP contribution in [0.1, 0.15) is 82.8 Å². The summed E-state index contributed by atoms with van der Waals surface area (Å²) in [7, 11) is 1.72. The van der Waals surface area contributed by atoms with E-state index in [1.54, 1.807) is 29.8 Å². The van der Waals surface area contributed by atoms with Crippen molar-refractivity contribution >= 4 is 23.6 Å². The van der Waals surface area contributed by atoms with Gasteiger partial charge in [-0.25, -0.2) is 4.79 Å². The number of likely N-dealkylation sites (N-methyl/N-ethyl adjacent to an activating group) is 1. The highest BCUT2D eigenvalue weighted by Gasteiger charge is 2.65. The van der Waals surface area contributed by atoms with Crippen LogP contribution >= 0.6 is 11.8 Å². The number of unbranched alkanes of at least 4 members (excludes halogenated alkanes) is 2. The Kier molecular flexibility index (Phi) is 16.4. The second-order valence-electron chi connectivity index (χ2n) is 17.0. The molecule has 6 atom stereocenters. The van der Waals surface area contributed by atoms with Crippen LogP contribution in [-0.4, -0.2) is 90.7 Å². The number of hydrogen-bond donors (Lipinski definition) is 2. The summed E-state index contributed by atoms with van der Waals surface area (Å²) < 4.78 is 32.5. The van der Waals surface area contributed by atoms with Gasteiger partial charge in [-0.1, -0.05) is 60.5 Å². The second-order valence-corrected chi connectivity index (χ2v) is 17.9. The highest BCUT2D eigenvalue weighted by Crippen LogP contribution is 2.62. The minimum absolute atomic E-state index is 0.0590. The molecule has 0 saturated heterocycles. The van der Waals surface area contributed by atoms with E-state index < -0.39 is 29.4 Å². The maximum atomic E-state index is 14.1. The summed E-state index contributed by atoms with van der Waals surface area (Å²) in [5, 5.41) is 24.7. The summed E-state index contributed by atoms with van der Waals surface area (Å²) in [5.41, 5.74) is 3.10. The molecule has 3 aromatic carbocycles. The van der Waals surface area contributed by atoms with E-state index >= 15 is 0 Å². The first-order chi connectivity index (χ1) is 29.5. The first kappa shape index (κ1) is 46.2. The largest absolute Gasteiger partial charge is 0.459 e. The Balaban J connectivity index is 1.45. The molecular formula is C49H64N2O9S. The van der Waals surface area contributed by atoms with Gasteiger partial charge in [0, 0.05) is 43.1 Å². The number of benzene rings is 3. The number of rotatable bonds is 21. The number of ether oxygens (including phenoxy) is 5. The molecule has 2 aliphatic carbocycles. The molecule has 0 radical (unpaired) electrons. The molecular weight excluding hydrogens is 793 g/mol. The van der Waals surface area contributed by atoms with Crippen LogP contribution in [0.2, 0.25) is 0 Å². The van der Waals surface area contributed by atoms with Crippen molar-refractivity contribution in [3.05, 3.63) is 108 Å². The van der Waals surface area contributed by atoms with Gasteiger partial charge in [0.2, 0.25) is 5.79 Å². The van der Waals surface area contributed by atoms with E-state index in [1.165, 1.54) is 0 Å². The minimum Gasteiger partial charge on any atom is -0.459 e. The third-order valence-electron chi connectivity index (χ3n) is 11.7. The van der Waals surface area contributed by atoms with Gasteiger partial charge in [-0.15, -0.1) is 18.3 Å². The van der Waals surface area contributed by atoms with Crippen LogP contribution in [0, 0.1) is 17.8 Å². The molecule has 1 heterocycles.